The summed E-state index contributed by atoms with van der Waals surface area (Å²) in [5.41, 5.74) is 0.0756. The molecule has 0 bridgehead atoms. The molecule has 0 aromatic rings. The van der Waals surface area contributed by atoms with E-state index in [0.29, 0.717) is 0 Å². The van der Waals surface area contributed by atoms with Crippen LogP contribution in [0.15, 0.2) is 0 Å². The largest absolute Gasteiger partial charge is 0.469 e. The van der Waals surface area contributed by atoms with Crippen molar-refractivity contribution in [3.63, 3.8) is 0 Å². The van der Waals surface area contributed by atoms with Crippen LogP contribution >= 0.6 is 0 Å². The summed E-state index contributed by atoms with van der Waals surface area (Å²) in [6.45, 7) is 8.23. The number of rotatable bonds is 4. The third-order valence-electron chi connectivity index (χ3n) is 2.59. The normalized spacial score (nSPS) is 19.1. The first-order valence-corrected chi connectivity index (χ1v) is 5.19. The molecule has 1 aliphatic carbocycles. The fourth-order valence-corrected chi connectivity index (χ4v) is 1.50. The summed E-state index contributed by atoms with van der Waals surface area (Å²) < 4.78 is 4.78. The monoisotopic (exact) mass is 199 g/mol. The average molecular weight is 199 g/mol. The lowest BCUT2D eigenvalue weighted by atomic mass is 9.96. The topological polar surface area (TPSA) is 38.3 Å². The quantitative estimate of drug-likeness (QED) is 0.698. The predicted octanol–water partition coefficient (Wildman–Crippen LogP) is 1.58. The van der Waals surface area contributed by atoms with Gasteiger partial charge in [0, 0.05) is 13.1 Å². The average Bonchev–Trinajstić information content (AvgIpc) is 2.82. The third kappa shape index (κ3) is 2.98. The molecule has 0 aliphatic heterocycles. The molecule has 0 heterocycles. The number of carbonyl (C=O) groups is 1. The van der Waals surface area contributed by atoms with Gasteiger partial charge in [-0.25, -0.2) is 0 Å². The van der Waals surface area contributed by atoms with E-state index in [1.54, 1.807) is 0 Å². The van der Waals surface area contributed by atoms with E-state index >= 15 is 0 Å². The zero-order chi connectivity index (χ0) is 10.8. The van der Waals surface area contributed by atoms with E-state index in [1.807, 2.05) is 0 Å². The van der Waals surface area contributed by atoms with E-state index < -0.39 is 0 Å². The van der Waals surface area contributed by atoms with Crippen molar-refractivity contribution in [3.8, 4) is 0 Å². The lowest BCUT2D eigenvalue weighted by Gasteiger charge is -2.21. The van der Waals surface area contributed by atoms with Crippen LogP contribution in [0.25, 0.3) is 0 Å². The van der Waals surface area contributed by atoms with Crippen molar-refractivity contribution in [1.82, 2.24) is 5.32 Å². The highest BCUT2D eigenvalue weighted by molar-refractivity contribution is 5.80. The molecule has 0 unspecified atom stereocenters. The minimum atomic E-state index is -0.194. The van der Waals surface area contributed by atoms with Crippen molar-refractivity contribution < 1.29 is 9.53 Å². The second kappa shape index (κ2) is 3.89. The summed E-state index contributed by atoms with van der Waals surface area (Å²) in [6.07, 6.45) is 1.94. The molecule has 0 spiro atoms. The molecule has 3 nitrogen and oxygen atoms in total. The smallest absolute Gasteiger partial charge is 0.313 e. The highest BCUT2D eigenvalue weighted by Crippen LogP contribution is 2.46. The van der Waals surface area contributed by atoms with Gasteiger partial charge in [-0.1, -0.05) is 20.8 Å². The lowest BCUT2D eigenvalue weighted by molar-refractivity contribution is -0.146. The van der Waals surface area contributed by atoms with Gasteiger partial charge in [0.05, 0.1) is 12.5 Å². The van der Waals surface area contributed by atoms with Gasteiger partial charge in [0.2, 0.25) is 0 Å². The summed E-state index contributed by atoms with van der Waals surface area (Å²) >= 11 is 0. The van der Waals surface area contributed by atoms with Crippen LogP contribution in [0.3, 0.4) is 0 Å². The summed E-state index contributed by atoms with van der Waals surface area (Å²) in [4.78, 5) is 11.4. The molecule has 0 atom stereocenters. The van der Waals surface area contributed by atoms with Crippen molar-refractivity contribution in [2.75, 3.05) is 20.2 Å². The molecule has 0 saturated heterocycles. The van der Waals surface area contributed by atoms with Crippen LogP contribution < -0.4 is 5.32 Å². The van der Waals surface area contributed by atoms with Gasteiger partial charge >= 0.3 is 5.97 Å². The van der Waals surface area contributed by atoms with E-state index in [0.717, 1.165) is 25.9 Å². The molecule has 0 radical (unpaired) electrons. The molecule has 1 aliphatic rings. The Hall–Kier alpha value is -0.570. The SMILES string of the molecule is COC(=O)C1(CNCC(C)(C)C)CC1. The first kappa shape index (κ1) is 11.5. The van der Waals surface area contributed by atoms with Crippen molar-refractivity contribution in [2.24, 2.45) is 10.8 Å². The summed E-state index contributed by atoms with van der Waals surface area (Å²) in [5.74, 6) is -0.0566. The van der Waals surface area contributed by atoms with Crippen molar-refractivity contribution in [2.45, 2.75) is 33.6 Å². The van der Waals surface area contributed by atoms with Crippen molar-refractivity contribution in [3.05, 3.63) is 0 Å². The maximum atomic E-state index is 11.4. The van der Waals surface area contributed by atoms with E-state index in [4.69, 9.17) is 4.74 Å². The Morgan fingerprint density at radius 1 is 1.43 bits per heavy atom. The molecule has 0 amide bonds. The van der Waals surface area contributed by atoms with Crippen molar-refractivity contribution in [1.29, 1.82) is 0 Å². The number of carbonyl (C=O) groups excluding carboxylic acids is 1. The molecular weight excluding hydrogens is 178 g/mol. The standard InChI is InChI=1S/C11H21NO2/c1-10(2,3)7-12-8-11(5-6-11)9(13)14-4/h12H,5-8H2,1-4H3. The second-order valence-electron chi connectivity index (χ2n) is 5.44. The number of hydrogen-bond donors (Lipinski definition) is 1. The minimum absolute atomic E-state index is 0.0566. The van der Waals surface area contributed by atoms with E-state index in [1.165, 1.54) is 7.11 Å². The van der Waals surface area contributed by atoms with Crippen LogP contribution in [0.2, 0.25) is 0 Å². The Kier molecular flexibility index (Phi) is 3.20. The number of ether oxygens (including phenoxy) is 1. The third-order valence-corrected chi connectivity index (χ3v) is 2.59. The lowest BCUT2D eigenvalue weighted by Crippen LogP contribution is -2.35. The Bertz CT molecular complexity index is 214. The number of methoxy groups -OCH3 is 1. The van der Waals surface area contributed by atoms with Gasteiger partial charge in [0.25, 0.3) is 0 Å². The molecule has 3 heteroatoms. The molecule has 0 aromatic heterocycles. The molecule has 1 saturated carbocycles. The summed E-state index contributed by atoms with van der Waals surface area (Å²) in [5, 5.41) is 3.34. The van der Waals surface area contributed by atoms with Gasteiger partial charge in [0.1, 0.15) is 0 Å². The van der Waals surface area contributed by atoms with E-state index in [-0.39, 0.29) is 16.8 Å². The fraction of sp³-hybridized carbons (Fsp3) is 0.909. The Morgan fingerprint density at radius 3 is 2.36 bits per heavy atom. The molecule has 82 valence electrons. The second-order valence-corrected chi connectivity index (χ2v) is 5.44. The van der Waals surface area contributed by atoms with Gasteiger partial charge < -0.3 is 10.1 Å². The number of nitrogens with one attached hydrogen (secondary N) is 1. The Balaban J connectivity index is 2.28. The maximum Gasteiger partial charge on any atom is 0.313 e. The Labute approximate surface area is 86.2 Å². The minimum Gasteiger partial charge on any atom is -0.469 e. The Morgan fingerprint density at radius 2 is 2.00 bits per heavy atom. The molecular formula is C11H21NO2. The van der Waals surface area contributed by atoms with Gasteiger partial charge in [-0.05, 0) is 18.3 Å². The van der Waals surface area contributed by atoms with Crippen LogP contribution in [-0.4, -0.2) is 26.2 Å². The van der Waals surface area contributed by atoms with Crippen LogP contribution in [0.1, 0.15) is 33.6 Å². The molecule has 0 aromatic carbocycles. The van der Waals surface area contributed by atoms with Crippen molar-refractivity contribution >= 4 is 5.97 Å². The first-order valence-electron chi connectivity index (χ1n) is 5.19. The summed E-state index contributed by atoms with van der Waals surface area (Å²) in [7, 11) is 1.46. The van der Waals surface area contributed by atoms with Crippen LogP contribution in [0.5, 0.6) is 0 Å². The fourth-order valence-electron chi connectivity index (χ4n) is 1.50. The van der Waals surface area contributed by atoms with Crippen LogP contribution in [0.4, 0.5) is 0 Å². The van der Waals surface area contributed by atoms with Gasteiger partial charge in [-0.3, -0.25) is 4.79 Å². The highest BCUT2D eigenvalue weighted by Gasteiger charge is 2.50. The summed E-state index contributed by atoms with van der Waals surface area (Å²) in [6, 6.07) is 0. The molecule has 1 N–H and O–H groups in total. The molecule has 1 rings (SSSR count). The zero-order valence-corrected chi connectivity index (χ0v) is 9.64. The first-order chi connectivity index (χ1) is 6.40. The van der Waals surface area contributed by atoms with Crippen LogP contribution in [0, 0.1) is 10.8 Å². The predicted molar refractivity (Wildman–Crippen MR) is 56.0 cm³/mol. The number of hydrogen-bond acceptors (Lipinski definition) is 3. The van der Waals surface area contributed by atoms with Crippen LogP contribution in [-0.2, 0) is 9.53 Å². The van der Waals surface area contributed by atoms with E-state index in [9.17, 15) is 4.79 Å². The number of esters is 1. The zero-order valence-electron chi connectivity index (χ0n) is 9.64. The van der Waals surface area contributed by atoms with Gasteiger partial charge in [-0.15, -0.1) is 0 Å². The highest BCUT2D eigenvalue weighted by atomic mass is 16.5. The van der Waals surface area contributed by atoms with Gasteiger partial charge in [-0.2, -0.15) is 0 Å². The maximum absolute atomic E-state index is 11.4. The van der Waals surface area contributed by atoms with E-state index in [2.05, 4.69) is 26.1 Å². The molecule has 14 heavy (non-hydrogen) atoms. The van der Waals surface area contributed by atoms with Gasteiger partial charge in [0.15, 0.2) is 0 Å². The molecule has 1 fully saturated rings.